The van der Waals surface area contributed by atoms with Gasteiger partial charge in [-0.05, 0) is 37.3 Å². The zero-order valence-corrected chi connectivity index (χ0v) is 21.5. The van der Waals surface area contributed by atoms with E-state index < -0.39 is 30.0 Å². The van der Waals surface area contributed by atoms with Crippen molar-refractivity contribution in [3.8, 4) is 0 Å². The Bertz CT molecular complexity index is 814. The molecule has 1 aliphatic heterocycles. The Hall–Kier alpha value is -1.78. The average Bonchev–Trinajstić information content (AvgIpc) is 2.83. The Morgan fingerprint density at radius 1 is 1.23 bits per heavy atom. The van der Waals surface area contributed by atoms with E-state index in [-0.39, 0.29) is 49.0 Å². The van der Waals surface area contributed by atoms with Crippen LogP contribution < -0.4 is 0 Å². The van der Waals surface area contributed by atoms with Crippen molar-refractivity contribution in [1.82, 2.24) is 9.80 Å². The molecule has 1 aromatic rings. The highest BCUT2D eigenvalue weighted by Crippen LogP contribution is 2.20. The molecule has 2 rings (SSSR count). The van der Waals surface area contributed by atoms with E-state index in [4.69, 9.17) is 21.1 Å². The molecule has 2 amide bonds. The van der Waals surface area contributed by atoms with Gasteiger partial charge in [0, 0.05) is 39.4 Å². The predicted molar refractivity (Wildman–Crippen MR) is 131 cm³/mol. The topological polar surface area (TPSA) is 99.5 Å². The SMILES string of the molecule is CO[C@@H]1CN(C(=O)c2ccccc2F)C[C@@H](CC(C)C)N(C(=O)CCl)CCCCOC[C@@H](O)[C@H]1O. The fraction of sp³-hybridized carbons (Fsp3) is 0.680. The quantitative estimate of drug-likeness (QED) is 0.583. The molecule has 1 aliphatic rings. The van der Waals surface area contributed by atoms with E-state index in [2.05, 4.69) is 0 Å². The lowest BCUT2D eigenvalue weighted by molar-refractivity contribution is -0.132. The molecule has 0 unspecified atom stereocenters. The number of nitrogens with zero attached hydrogens (tertiary/aromatic N) is 2. The van der Waals surface area contributed by atoms with Crippen molar-refractivity contribution < 1.29 is 33.7 Å². The average molecular weight is 517 g/mol. The second-order valence-corrected chi connectivity index (χ2v) is 9.58. The third kappa shape index (κ3) is 8.68. The number of alkyl halides is 1. The lowest BCUT2D eigenvalue weighted by Crippen LogP contribution is -2.54. The van der Waals surface area contributed by atoms with E-state index in [0.717, 1.165) is 0 Å². The van der Waals surface area contributed by atoms with E-state index in [1.165, 1.54) is 30.2 Å². The molecule has 8 nitrogen and oxygen atoms in total. The van der Waals surface area contributed by atoms with Gasteiger partial charge < -0.3 is 29.5 Å². The van der Waals surface area contributed by atoms with Crippen molar-refractivity contribution in [2.45, 2.75) is 57.5 Å². The minimum absolute atomic E-state index is 0.0904. The summed E-state index contributed by atoms with van der Waals surface area (Å²) in [5, 5.41) is 21.1. The van der Waals surface area contributed by atoms with E-state index in [1.54, 1.807) is 11.0 Å². The Morgan fingerprint density at radius 3 is 2.57 bits per heavy atom. The van der Waals surface area contributed by atoms with Gasteiger partial charge in [-0.25, -0.2) is 4.39 Å². The maximum atomic E-state index is 14.6. The van der Waals surface area contributed by atoms with Crippen LogP contribution in [0.5, 0.6) is 0 Å². The monoisotopic (exact) mass is 516 g/mol. The summed E-state index contributed by atoms with van der Waals surface area (Å²) in [7, 11) is 1.37. The van der Waals surface area contributed by atoms with E-state index in [1.807, 2.05) is 13.8 Å². The zero-order chi connectivity index (χ0) is 26.0. The Balaban J connectivity index is 2.49. The first-order valence-electron chi connectivity index (χ1n) is 12.0. The smallest absolute Gasteiger partial charge is 0.256 e. The molecule has 198 valence electrons. The Morgan fingerprint density at radius 2 is 1.94 bits per heavy atom. The normalized spacial score (nSPS) is 25.4. The van der Waals surface area contributed by atoms with Gasteiger partial charge in [0.1, 0.15) is 30.0 Å². The maximum Gasteiger partial charge on any atom is 0.256 e. The molecule has 0 spiro atoms. The molecule has 1 saturated heterocycles. The highest BCUT2D eigenvalue weighted by molar-refractivity contribution is 6.27. The molecule has 0 saturated carbocycles. The molecule has 1 fully saturated rings. The van der Waals surface area contributed by atoms with Gasteiger partial charge in [-0.3, -0.25) is 9.59 Å². The summed E-state index contributed by atoms with van der Waals surface area (Å²) >= 11 is 5.93. The molecular formula is C25H38ClFN2O6. The molecule has 35 heavy (non-hydrogen) atoms. The van der Waals surface area contributed by atoms with Crippen LogP contribution >= 0.6 is 11.6 Å². The second-order valence-electron chi connectivity index (χ2n) is 9.31. The third-order valence-corrected chi connectivity index (χ3v) is 6.37. The van der Waals surface area contributed by atoms with Crippen LogP contribution in [0.25, 0.3) is 0 Å². The lowest BCUT2D eigenvalue weighted by Gasteiger charge is -2.38. The van der Waals surface area contributed by atoms with Gasteiger partial charge in [0.15, 0.2) is 0 Å². The fourth-order valence-corrected chi connectivity index (χ4v) is 4.46. The molecule has 0 aliphatic carbocycles. The highest BCUT2D eigenvalue weighted by atomic mass is 35.5. The van der Waals surface area contributed by atoms with Gasteiger partial charge in [0.05, 0.1) is 12.2 Å². The van der Waals surface area contributed by atoms with Crippen molar-refractivity contribution in [2.24, 2.45) is 5.92 Å². The number of aliphatic hydroxyl groups is 2. The number of benzene rings is 1. The number of aliphatic hydroxyl groups excluding tert-OH is 2. The van der Waals surface area contributed by atoms with Crippen molar-refractivity contribution >= 4 is 23.4 Å². The van der Waals surface area contributed by atoms with Gasteiger partial charge in [0.2, 0.25) is 5.91 Å². The van der Waals surface area contributed by atoms with Crippen molar-refractivity contribution in [3.05, 3.63) is 35.6 Å². The summed E-state index contributed by atoms with van der Waals surface area (Å²) in [5.74, 6) is -1.51. The van der Waals surface area contributed by atoms with Crippen LogP contribution in [-0.4, -0.2) is 102 Å². The summed E-state index contributed by atoms with van der Waals surface area (Å²) in [4.78, 5) is 29.4. The number of rotatable bonds is 5. The fourth-order valence-electron chi connectivity index (χ4n) is 4.31. The maximum absolute atomic E-state index is 14.6. The molecule has 0 radical (unpaired) electrons. The van der Waals surface area contributed by atoms with Gasteiger partial charge in [-0.2, -0.15) is 0 Å². The van der Waals surface area contributed by atoms with Gasteiger partial charge in [-0.15, -0.1) is 11.6 Å². The van der Waals surface area contributed by atoms with Gasteiger partial charge in [0.25, 0.3) is 5.91 Å². The minimum atomic E-state index is -1.34. The third-order valence-electron chi connectivity index (χ3n) is 6.15. The second kappa shape index (κ2) is 14.7. The summed E-state index contributed by atoms with van der Waals surface area (Å²) in [6.07, 6.45) is -1.68. The molecule has 2 N–H and O–H groups in total. The molecule has 10 heteroatoms. The van der Waals surface area contributed by atoms with E-state index >= 15 is 0 Å². The van der Waals surface area contributed by atoms with Crippen LogP contribution in [0, 0.1) is 11.7 Å². The summed E-state index contributed by atoms with van der Waals surface area (Å²) in [6, 6.07) is 5.27. The summed E-state index contributed by atoms with van der Waals surface area (Å²) < 4.78 is 25.5. The van der Waals surface area contributed by atoms with Gasteiger partial charge >= 0.3 is 0 Å². The first kappa shape index (κ1) is 29.5. The Labute approximate surface area is 211 Å². The molecule has 4 atom stereocenters. The molecular weight excluding hydrogens is 479 g/mol. The van der Waals surface area contributed by atoms with E-state index in [0.29, 0.717) is 32.4 Å². The number of methoxy groups -OCH3 is 1. The van der Waals surface area contributed by atoms with Crippen LogP contribution in [0.4, 0.5) is 4.39 Å². The number of carbonyl (C=O) groups is 2. The van der Waals surface area contributed by atoms with Gasteiger partial charge in [-0.1, -0.05) is 26.0 Å². The van der Waals surface area contributed by atoms with Crippen LogP contribution in [0.3, 0.4) is 0 Å². The number of ether oxygens (including phenoxy) is 2. The highest BCUT2D eigenvalue weighted by Gasteiger charge is 2.34. The number of hydrogen-bond acceptors (Lipinski definition) is 6. The van der Waals surface area contributed by atoms with Crippen LogP contribution in [0.15, 0.2) is 24.3 Å². The Kier molecular flexibility index (Phi) is 12.4. The van der Waals surface area contributed by atoms with Crippen molar-refractivity contribution in [3.63, 3.8) is 0 Å². The summed E-state index contributed by atoms with van der Waals surface area (Å²) in [6.45, 7) is 4.67. The van der Waals surface area contributed by atoms with Crippen LogP contribution in [0.2, 0.25) is 0 Å². The van der Waals surface area contributed by atoms with E-state index in [9.17, 15) is 24.2 Å². The van der Waals surface area contributed by atoms with Crippen molar-refractivity contribution in [2.75, 3.05) is 45.8 Å². The number of carbonyl (C=O) groups excluding carboxylic acids is 2. The van der Waals surface area contributed by atoms with Crippen molar-refractivity contribution in [1.29, 1.82) is 0 Å². The molecule has 1 aromatic carbocycles. The number of amides is 2. The van der Waals surface area contributed by atoms with Crippen LogP contribution in [0.1, 0.15) is 43.5 Å². The molecule has 0 bridgehead atoms. The standard InChI is InChI=1S/C25H38ClFN2O6/c1-17(2)12-18-14-28(25(33)19-8-4-5-9-20(19)27)15-22(34-3)24(32)21(30)16-35-11-7-6-10-29(18)23(31)13-26/h4-5,8-9,17-18,21-22,24,30,32H,6-7,10-16H2,1-3H3/t18-,21-,22-,24-/m1/s1. The predicted octanol–water partition coefficient (Wildman–Crippen LogP) is 2.30. The molecule has 1 heterocycles. The number of halogens is 2. The largest absolute Gasteiger partial charge is 0.388 e. The van der Waals surface area contributed by atoms with Crippen LogP contribution in [-0.2, 0) is 14.3 Å². The lowest BCUT2D eigenvalue weighted by atomic mass is 9.99. The first-order valence-corrected chi connectivity index (χ1v) is 12.6. The molecule has 0 aromatic heterocycles. The number of hydrogen-bond donors (Lipinski definition) is 2. The minimum Gasteiger partial charge on any atom is -0.388 e. The first-order chi connectivity index (χ1) is 16.7. The summed E-state index contributed by atoms with van der Waals surface area (Å²) in [5.41, 5.74) is -0.125. The zero-order valence-electron chi connectivity index (χ0n) is 20.7.